The fourth-order valence-corrected chi connectivity index (χ4v) is 2.37. The topological polar surface area (TPSA) is 147 Å². The van der Waals surface area contributed by atoms with Crippen molar-refractivity contribution in [3.05, 3.63) is 33.9 Å². The van der Waals surface area contributed by atoms with Gasteiger partial charge in [0.1, 0.15) is 12.2 Å². The number of carbonyl (C=O) groups is 1. The van der Waals surface area contributed by atoms with E-state index < -0.39 is 38.6 Å². The van der Waals surface area contributed by atoms with Crippen LogP contribution in [0.2, 0.25) is 0 Å². The maximum atomic E-state index is 11.4. The predicted octanol–water partition coefficient (Wildman–Crippen LogP) is -0.471. The second-order valence-corrected chi connectivity index (χ2v) is 6.71. The Morgan fingerprint density at radius 1 is 1.41 bits per heavy atom. The Bertz CT molecular complexity index is 687. The standard InChI is InChI=1S/C12H16N2O7S/c1-7(15)13-6-11(16)12(17)9-4-3-8(22(2,20)21)5-10(9)14(18)19/h3-5,11-12,16-17H,6H2,1-2H3,(H,13,15). The first-order chi connectivity index (χ1) is 10.0. The average molecular weight is 332 g/mol. The second kappa shape index (κ2) is 6.81. The first-order valence-electron chi connectivity index (χ1n) is 6.13. The van der Waals surface area contributed by atoms with Gasteiger partial charge in [0.15, 0.2) is 9.84 Å². The quantitative estimate of drug-likeness (QED) is 0.471. The summed E-state index contributed by atoms with van der Waals surface area (Å²) < 4.78 is 22.8. The van der Waals surface area contributed by atoms with Gasteiger partial charge in [0.25, 0.3) is 5.69 Å². The molecule has 0 fully saturated rings. The number of rotatable bonds is 6. The number of nitrogens with zero attached hydrogens (tertiary/aromatic N) is 1. The highest BCUT2D eigenvalue weighted by Gasteiger charge is 2.28. The summed E-state index contributed by atoms with van der Waals surface area (Å²) in [7, 11) is -3.65. The van der Waals surface area contributed by atoms with Crippen LogP contribution in [0.3, 0.4) is 0 Å². The number of benzene rings is 1. The number of sulfone groups is 1. The predicted molar refractivity (Wildman–Crippen MR) is 75.9 cm³/mol. The van der Waals surface area contributed by atoms with Crippen LogP contribution in [0.5, 0.6) is 0 Å². The summed E-state index contributed by atoms with van der Waals surface area (Å²) in [5.41, 5.74) is -0.868. The molecule has 3 N–H and O–H groups in total. The van der Waals surface area contributed by atoms with Gasteiger partial charge in [-0.2, -0.15) is 0 Å². The molecule has 22 heavy (non-hydrogen) atoms. The third kappa shape index (κ3) is 4.48. The lowest BCUT2D eigenvalue weighted by molar-refractivity contribution is -0.386. The van der Waals surface area contributed by atoms with Crippen LogP contribution in [0.25, 0.3) is 0 Å². The van der Waals surface area contributed by atoms with Gasteiger partial charge < -0.3 is 15.5 Å². The molecule has 0 bridgehead atoms. The van der Waals surface area contributed by atoms with Gasteiger partial charge in [0.2, 0.25) is 5.91 Å². The van der Waals surface area contributed by atoms with E-state index in [4.69, 9.17) is 0 Å². The highest BCUT2D eigenvalue weighted by Crippen LogP contribution is 2.29. The number of nitro benzene ring substituents is 1. The van der Waals surface area contributed by atoms with Crippen LogP contribution in [-0.4, -0.2) is 48.4 Å². The molecule has 0 saturated carbocycles. The largest absolute Gasteiger partial charge is 0.388 e. The monoisotopic (exact) mass is 332 g/mol. The van der Waals surface area contributed by atoms with Crippen LogP contribution in [0.4, 0.5) is 5.69 Å². The van der Waals surface area contributed by atoms with E-state index in [0.717, 1.165) is 24.5 Å². The zero-order chi connectivity index (χ0) is 17.1. The van der Waals surface area contributed by atoms with Crippen molar-refractivity contribution in [3.8, 4) is 0 Å². The Hall–Kier alpha value is -2.04. The van der Waals surface area contributed by atoms with Crippen molar-refractivity contribution >= 4 is 21.4 Å². The van der Waals surface area contributed by atoms with Gasteiger partial charge in [-0.1, -0.05) is 0 Å². The molecule has 0 heterocycles. The molecular weight excluding hydrogens is 316 g/mol. The molecule has 0 saturated heterocycles. The normalized spacial score (nSPS) is 14.2. The first-order valence-corrected chi connectivity index (χ1v) is 8.02. The van der Waals surface area contributed by atoms with E-state index in [2.05, 4.69) is 5.32 Å². The van der Waals surface area contributed by atoms with E-state index in [9.17, 15) is 33.5 Å². The Labute approximate surface area is 126 Å². The Balaban J connectivity index is 3.18. The Morgan fingerprint density at radius 3 is 2.45 bits per heavy atom. The maximum Gasteiger partial charge on any atom is 0.276 e. The van der Waals surface area contributed by atoms with E-state index in [1.807, 2.05) is 0 Å². The summed E-state index contributed by atoms with van der Waals surface area (Å²) in [6.45, 7) is 0.907. The lowest BCUT2D eigenvalue weighted by Gasteiger charge is -2.18. The fourth-order valence-electron chi connectivity index (χ4n) is 1.73. The molecule has 0 spiro atoms. The van der Waals surface area contributed by atoms with E-state index in [1.165, 1.54) is 6.92 Å². The zero-order valence-electron chi connectivity index (χ0n) is 11.9. The molecule has 0 radical (unpaired) electrons. The molecule has 0 aliphatic rings. The molecule has 1 amide bonds. The third-order valence-electron chi connectivity index (χ3n) is 2.87. The number of carbonyl (C=O) groups excluding carboxylic acids is 1. The molecule has 0 aromatic heterocycles. The molecule has 1 rings (SSSR count). The lowest BCUT2D eigenvalue weighted by atomic mass is 10.0. The van der Waals surface area contributed by atoms with Gasteiger partial charge in [-0.3, -0.25) is 14.9 Å². The molecule has 0 aliphatic carbocycles. The average Bonchev–Trinajstić information content (AvgIpc) is 2.42. The van der Waals surface area contributed by atoms with Crippen LogP contribution < -0.4 is 5.32 Å². The van der Waals surface area contributed by atoms with Gasteiger partial charge in [0, 0.05) is 25.8 Å². The minimum Gasteiger partial charge on any atom is -0.388 e. The number of amides is 1. The second-order valence-electron chi connectivity index (χ2n) is 4.70. The fraction of sp³-hybridized carbons (Fsp3) is 0.417. The van der Waals surface area contributed by atoms with Gasteiger partial charge in [-0.25, -0.2) is 8.42 Å². The number of hydrogen-bond acceptors (Lipinski definition) is 7. The molecular formula is C12H16N2O7S. The molecule has 2 unspecified atom stereocenters. The molecule has 2 atom stereocenters. The highest BCUT2D eigenvalue weighted by molar-refractivity contribution is 7.90. The minimum absolute atomic E-state index is 0.241. The van der Waals surface area contributed by atoms with Crippen molar-refractivity contribution in [2.75, 3.05) is 12.8 Å². The van der Waals surface area contributed by atoms with Gasteiger partial charge in [-0.15, -0.1) is 0 Å². The van der Waals surface area contributed by atoms with Crippen LogP contribution in [0.15, 0.2) is 23.1 Å². The molecule has 1 aromatic rings. The number of aliphatic hydroxyl groups is 2. The van der Waals surface area contributed by atoms with Crippen molar-refractivity contribution in [2.45, 2.75) is 24.0 Å². The van der Waals surface area contributed by atoms with Crippen LogP contribution in [0.1, 0.15) is 18.6 Å². The summed E-state index contributed by atoms with van der Waals surface area (Å²) >= 11 is 0. The Morgan fingerprint density at radius 2 is 2.00 bits per heavy atom. The van der Waals surface area contributed by atoms with E-state index >= 15 is 0 Å². The maximum absolute atomic E-state index is 11.4. The zero-order valence-corrected chi connectivity index (χ0v) is 12.7. The van der Waals surface area contributed by atoms with Crippen LogP contribution in [0, 0.1) is 10.1 Å². The number of nitrogens with one attached hydrogen (secondary N) is 1. The van der Waals surface area contributed by atoms with Crippen molar-refractivity contribution in [3.63, 3.8) is 0 Å². The number of hydrogen-bond donors (Lipinski definition) is 3. The van der Waals surface area contributed by atoms with Crippen LogP contribution >= 0.6 is 0 Å². The highest BCUT2D eigenvalue weighted by atomic mass is 32.2. The summed E-state index contributed by atoms with van der Waals surface area (Å²) in [4.78, 5) is 20.7. The summed E-state index contributed by atoms with van der Waals surface area (Å²) in [6.07, 6.45) is -2.24. The lowest BCUT2D eigenvalue weighted by Crippen LogP contribution is -2.34. The van der Waals surface area contributed by atoms with Crippen molar-refractivity contribution in [1.82, 2.24) is 5.32 Å². The summed E-state index contributed by atoms with van der Waals surface area (Å²) in [5, 5.41) is 33.0. The molecule has 0 aliphatic heterocycles. The number of nitro groups is 1. The smallest absolute Gasteiger partial charge is 0.276 e. The van der Waals surface area contributed by atoms with Gasteiger partial charge >= 0.3 is 0 Å². The van der Waals surface area contributed by atoms with E-state index in [0.29, 0.717) is 0 Å². The van der Waals surface area contributed by atoms with E-state index in [1.54, 1.807) is 0 Å². The third-order valence-corrected chi connectivity index (χ3v) is 3.98. The van der Waals surface area contributed by atoms with Crippen molar-refractivity contribution in [1.29, 1.82) is 0 Å². The number of aliphatic hydroxyl groups excluding tert-OH is 2. The summed E-state index contributed by atoms with van der Waals surface area (Å²) in [5.74, 6) is -0.437. The van der Waals surface area contributed by atoms with Gasteiger partial charge in [0.05, 0.1) is 15.4 Å². The summed E-state index contributed by atoms with van der Waals surface area (Å²) in [6, 6.07) is 2.99. The van der Waals surface area contributed by atoms with Gasteiger partial charge in [-0.05, 0) is 12.1 Å². The minimum atomic E-state index is -3.65. The van der Waals surface area contributed by atoms with Crippen molar-refractivity contribution < 1.29 is 28.3 Å². The Kier molecular flexibility index (Phi) is 5.58. The SMILES string of the molecule is CC(=O)NCC(O)C(O)c1ccc(S(C)(=O)=O)cc1[N+](=O)[O-]. The molecule has 1 aromatic carbocycles. The van der Waals surface area contributed by atoms with Crippen LogP contribution in [-0.2, 0) is 14.6 Å². The molecule has 9 nitrogen and oxygen atoms in total. The van der Waals surface area contributed by atoms with E-state index in [-0.39, 0.29) is 17.0 Å². The van der Waals surface area contributed by atoms with Crippen molar-refractivity contribution in [2.24, 2.45) is 0 Å². The molecule has 10 heteroatoms. The molecule has 122 valence electrons. The first kappa shape index (κ1) is 18.0.